The largest absolute Gasteiger partial charge is 0.387 e. The van der Waals surface area contributed by atoms with Crippen LogP contribution in [0, 0.1) is 0 Å². The lowest BCUT2D eigenvalue weighted by molar-refractivity contribution is 0.247. The van der Waals surface area contributed by atoms with Gasteiger partial charge in [-0.05, 0) is 20.8 Å². The molecular formula is C6H13N3O. The van der Waals surface area contributed by atoms with Crippen molar-refractivity contribution in [2.45, 2.75) is 26.8 Å². The van der Waals surface area contributed by atoms with E-state index in [-0.39, 0.29) is 17.9 Å². The summed E-state index contributed by atoms with van der Waals surface area (Å²) in [5.41, 5.74) is 5.16. The van der Waals surface area contributed by atoms with Gasteiger partial charge in [0, 0.05) is 6.04 Å². The van der Waals surface area contributed by atoms with Gasteiger partial charge in [-0.2, -0.15) is 4.99 Å². The maximum atomic E-state index is 10.7. The normalized spacial score (nSPS) is 11.8. The van der Waals surface area contributed by atoms with Crippen molar-refractivity contribution in [1.29, 1.82) is 0 Å². The Bertz CT molecular complexity index is 147. The molecule has 2 amide bonds. The lowest BCUT2D eigenvalue weighted by Gasteiger charge is -2.03. The molecule has 0 aliphatic rings. The van der Waals surface area contributed by atoms with Gasteiger partial charge in [-0.25, -0.2) is 4.79 Å². The fourth-order valence-electron chi connectivity index (χ4n) is 0.439. The first-order valence-corrected chi connectivity index (χ1v) is 3.13. The van der Waals surface area contributed by atoms with Gasteiger partial charge in [0.25, 0.3) is 0 Å². The smallest absolute Gasteiger partial charge is 0.342 e. The van der Waals surface area contributed by atoms with Crippen LogP contribution in [0.1, 0.15) is 20.8 Å². The number of nitrogens with zero attached hydrogens (tertiary/aromatic N) is 1. The van der Waals surface area contributed by atoms with Crippen molar-refractivity contribution in [3.63, 3.8) is 0 Å². The average Bonchev–Trinajstić information content (AvgIpc) is 1.58. The highest BCUT2D eigenvalue weighted by Crippen LogP contribution is 1.80. The molecule has 4 heteroatoms. The van der Waals surface area contributed by atoms with E-state index in [0.29, 0.717) is 0 Å². The highest BCUT2D eigenvalue weighted by molar-refractivity contribution is 5.91. The molecular weight excluding hydrogens is 130 g/mol. The molecule has 0 saturated heterocycles. The van der Waals surface area contributed by atoms with Crippen LogP contribution in [0.5, 0.6) is 0 Å². The van der Waals surface area contributed by atoms with Crippen LogP contribution in [0.4, 0.5) is 4.79 Å². The van der Waals surface area contributed by atoms with Crippen molar-refractivity contribution < 1.29 is 4.79 Å². The van der Waals surface area contributed by atoms with E-state index in [1.807, 2.05) is 13.8 Å². The zero-order chi connectivity index (χ0) is 8.15. The van der Waals surface area contributed by atoms with E-state index >= 15 is 0 Å². The number of urea groups is 1. The maximum absolute atomic E-state index is 10.7. The summed E-state index contributed by atoms with van der Waals surface area (Å²) >= 11 is 0. The topological polar surface area (TPSA) is 67.5 Å². The quantitative estimate of drug-likeness (QED) is 0.414. The van der Waals surface area contributed by atoms with Gasteiger partial charge in [0.15, 0.2) is 0 Å². The Balaban J connectivity index is 3.76. The summed E-state index contributed by atoms with van der Waals surface area (Å²) < 4.78 is 0. The zero-order valence-corrected chi connectivity index (χ0v) is 6.51. The van der Waals surface area contributed by atoms with Crippen molar-refractivity contribution in [3.05, 3.63) is 0 Å². The van der Waals surface area contributed by atoms with E-state index in [0.717, 1.165) is 0 Å². The molecule has 4 nitrogen and oxygen atoms in total. The van der Waals surface area contributed by atoms with Gasteiger partial charge < -0.3 is 11.1 Å². The fraction of sp³-hybridized carbons (Fsp3) is 0.667. The molecule has 0 aliphatic heterocycles. The minimum Gasteiger partial charge on any atom is -0.387 e. The van der Waals surface area contributed by atoms with Crippen LogP contribution in [0.15, 0.2) is 4.99 Å². The fourth-order valence-corrected chi connectivity index (χ4v) is 0.439. The Labute approximate surface area is 60.5 Å². The zero-order valence-electron chi connectivity index (χ0n) is 6.51. The first-order chi connectivity index (χ1) is 4.52. The third-order valence-corrected chi connectivity index (χ3v) is 0.690. The summed E-state index contributed by atoms with van der Waals surface area (Å²) in [4.78, 5) is 14.1. The summed E-state index contributed by atoms with van der Waals surface area (Å²) in [6, 6.07) is -0.273. The van der Waals surface area contributed by atoms with Gasteiger partial charge in [0.2, 0.25) is 0 Å². The van der Waals surface area contributed by atoms with E-state index in [4.69, 9.17) is 5.73 Å². The second-order valence-corrected chi connectivity index (χ2v) is 2.36. The number of hydrogen-bond donors (Lipinski definition) is 2. The van der Waals surface area contributed by atoms with E-state index in [9.17, 15) is 4.79 Å². The molecule has 0 aromatic carbocycles. The molecule has 0 aromatic heterocycles. The van der Waals surface area contributed by atoms with Crippen LogP contribution in [0.3, 0.4) is 0 Å². The third-order valence-electron chi connectivity index (χ3n) is 0.690. The average molecular weight is 143 g/mol. The molecule has 0 radical (unpaired) electrons. The van der Waals surface area contributed by atoms with E-state index in [1.165, 1.54) is 0 Å². The standard InChI is InChI=1S/C6H13N3O/c1-4(2)8-6(10)9-5(3)7/h4H,1-3H3,(H3,7,8,9,10). The Morgan fingerprint density at radius 1 is 1.60 bits per heavy atom. The molecule has 0 spiro atoms. The number of hydrogen-bond acceptors (Lipinski definition) is 1. The van der Waals surface area contributed by atoms with Crippen molar-refractivity contribution in [2.24, 2.45) is 10.7 Å². The molecule has 3 N–H and O–H groups in total. The van der Waals surface area contributed by atoms with Gasteiger partial charge >= 0.3 is 6.03 Å². The lowest BCUT2D eigenvalue weighted by atomic mass is 10.4. The Hall–Kier alpha value is -1.06. The molecule has 10 heavy (non-hydrogen) atoms. The second kappa shape index (κ2) is 3.87. The van der Waals surface area contributed by atoms with Crippen LogP contribution in [-0.2, 0) is 0 Å². The summed E-state index contributed by atoms with van der Waals surface area (Å²) in [6.07, 6.45) is 0. The van der Waals surface area contributed by atoms with Crippen LogP contribution in [0.25, 0.3) is 0 Å². The van der Waals surface area contributed by atoms with Crippen molar-refractivity contribution in [1.82, 2.24) is 5.32 Å². The van der Waals surface area contributed by atoms with Crippen molar-refractivity contribution in [2.75, 3.05) is 0 Å². The SMILES string of the molecule is CC(N)=NC(=O)NC(C)C. The molecule has 0 rings (SSSR count). The first kappa shape index (κ1) is 8.94. The summed E-state index contributed by atoms with van der Waals surface area (Å²) in [6.45, 7) is 5.29. The molecule has 0 bridgehead atoms. The number of nitrogens with two attached hydrogens (primary N) is 1. The minimum absolute atomic E-state index is 0.107. The third kappa shape index (κ3) is 5.08. The highest BCUT2D eigenvalue weighted by Gasteiger charge is 1.98. The molecule has 0 aliphatic carbocycles. The number of carbonyl (C=O) groups is 1. The Morgan fingerprint density at radius 2 is 2.10 bits per heavy atom. The van der Waals surface area contributed by atoms with Gasteiger partial charge in [-0.1, -0.05) is 0 Å². The number of amides is 2. The molecule has 0 saturated carbocycles. The van der Waals surface area contributed by atoms with Crippen molar-refractivity contribution in [3.8, 4) is 0 Å². The minimum atomic E-state index is -0.380. The Kier molecular flexibility index (Phi) is 3.46. The molecule has 0 aromatic rings. The number of aliphatic imine (C=N–C) groups is 1. The predicted molar refractivity (Wildman–Crippen MR) is 41.0 cm³/mol. The van der Waals surface area contributed by atoms with E-state index in [1.54, 1.807) is 6.92 Å². The van der Waals surface area contributed by atoms with Crippen LogP contribution < -0.4 is 11.1 Å². The number of carbonyl (C=O) groups excluding carboxylic acids is 1. The summed E-state index contributed by atoms with van der Waals surface area (Å²) in [5.74, 6) is 0.276. The second-order valence-electron chi connectivity index (χ2n) is 2.36. The van der Waals surface area contributed by atoms with Gasteiger partial charge in [0.05, 0.1) is 0 Å². The molecule has 0 heterocycles. The van der Waals surface area contributed by atoms with Crippen LogP contribution in [0.2, 0.25) is 0 Å². The monoisotopic (exact) mass is 143 g/mol. The number of rotatable bonds is 1. The van der Waals surface area contributed by atoms with Gasteiger partial charge in [-0.15, -0.1) is 0 Å². The molecule has 0 unspecified atom stereocenters. The lowest BCUT2D eigenvalue weighted by Crippen LogP contribution is -2.28. The van der Waals surface area contributed by atoms with Crippen LogP contribution >= 0.6 is 0 Å². The number of amidine groups is 1. The first-order valence-electron chi connectivity index (χ1n) is 3.13. The van der Waals surface area contributed by atoms with E-state index < -0.39 is 0 Å². The Morgan fingerprint density at radius 3 is 2.40 bits per heavy atom. The van der Waals surface area contributed by atoms with Crippen LogP contribution in [-0.4, -0.2) is 17.9 Å². The molecule has 0 fully saturated rings. The number of nitrogens with one attached hydrogen (secondary N) is 1. The highest BCUT2D eigenvalue weighted by atomic mass is 16.2. The maximum Gasteiger partial charge on any atom is 0.342 e. The summed E-state index contributed by atoms with van der Waals surface area (Å²) in [5, 5.41) is 2.57. The summed E-state index contributed by atoms with van der Waals surface area (Å²) in [7, 11) is 0. The van der Waals surface area contributed by atoms with Crippen molar-refractivity contribution >= 4 is 11.9 Å². The van der Waals surface area contributed by atoms with E-state index in [2.05, 4.69) is 10.3 Å². The van der Waals surface area contributed by atoms with Gasteiger partial charge in [-0.3, -0.25) is 0 Å². The molecule has 0 atom stereocenters. The predicted octanol–water partition coefficient (Wildman–Crippen LogP) is 0.481. The molecule has 58 valence electrons. The van der Waals surface area contributed by atoms with Gasteiger partial charge in [0.1, 0.15) is 5.84 Å².